The normalized spacial score (nSPS) is 14.2. The Hall–Kier alpha value is -4.00. The van der Waals surface area contributed by atoms with Crippen LogP contribution in [0.2, 0.25) is 0 Å². The number of nitro benzene ring substituents is 1. The molecule has 7 nitrogen and oxygen atoms in total. The Morgan fingerprint density at radius 2 is 1.42 bits per heavy atom. The average molecular weight is 412 g/mol. The first-order valence-corrected chi connectivity index (χ1v) is 10.2. The monoisotopic (exact) mass is 412 g/mol. The number of non-ortho nitro benzene ring substituents is 1. The Morgan fingerprint density at radius 1 is 0.806 bits per heavy atom. The van der Waals surface area contributed by atoms with Crippen LogP contribution in [0.4, 0.5) is 11.5 Å². The van der Waals surface area contributed by atoms with E-state index in [1.807, 2.05) is 30.3 Å². The Balaban J connectivity index is 1.38. The number of hydrogen-bond acceptors (Lipinski definition) is 5. The van der Waals surface area contributed by atoms with Crippen molar-refractivity contribution >= 4 is 39.1 Å². The number of rotatable bonds is 3. The van der Waals surface area contributed by atoms with Gasteiger partial charge in [0, 0.05) is 54.6 Å². The minimum absolute atomic E-state index is 0.0179. The van der Waals surface area contributed by atoms with Crippen LogP contribution in [0.15, 0.2) is 72.8 Å². The second kappa shape index (κ2) is 7.68. The molecule has 1 saturated heterocycles. The zero-order chi connectivity index (χ0) is 21.4. The smallest absolute Gasteiger partial charge is 0.269 e. The topological polar surface area (TPSA) is 79.6 Å². The lowest BCUT2D eigenvalue weighted by molar-refractivity contribution is -0.384. The van der Waals surface area contributed by atoms with E-state index in [4.69, 9.17) is 4.98 Å². The van der Waals surface area contributed by atoms with E-state index in [1.54, 1.807) is 4.90 Å². The second-order valence-electron chi connectivity index (χ2n) is 7.58. The number of anilines is 1. The van der Waals surface area contributed by atoms with Crippen molar-refractivity contribution in [2.45, 2.75) is 0 Å². The molecule has 0 atom stereocenters. The summed E-state index contributed by atoms with van der Waals surface area (Å²) in [4.78, 5) is 32.2. The first-order valence-electron chi connectivity index (χ1n) is 10.2. The highest BCUT2D eigenvalue weighted by molar-refractivity contribution is 6.10. The molecule has 4 aromatic rings. The number of benzene rings is 3. The maximum atomic E-state index is 12.8. The van der Waals surface area contributed by atoms with Crippen LogP contribution in [0.3, 0.4) is 0 Å². The van der Waals surface area contributed by atoms with Crippen LogP contribution in [-0.4, -0.2) is 46.9 Å². The maximum absolute atomic E-state index is 12.8. The Bertz CT molecular complexity index is 1300. The van der Waals surface area contributed by atoms with E-state index in [2.05, 4.69) is 23.1 Å². The zero-order valence-corrected chi connectivity index (χ0v) is 16.8. The van der Waals surface area contributed by atoms with Crippen LogP contribution in [0.5, 0.6) is 0 Å². The number of amides is 1. The fourth-order valence-corrected chi connectivity index (χ4v) is 4.16. The summed E-state index contributed by atoms with van der Waals surface area (Å²) >= 11 is 0. The Morgan fingerprint density at radius 3 is 2.10 bits per heavy atom. The predicted molar refractivity (Wildman–Crippen MR) is 120 cm³/mol. The number of fused-ring (bicyclic) bond motifs is 3. The molecule has 1 aliphatic heterocycles. The van der Waals surface area contributed by atoms with Gasteiger partial charge in [-0.3, -0.25) is 14.9 Å². The van der Waals surface area contributed by atoms with Gasteiger partial charge in [0.15, 0.2) is 0 Å². The summed E-state index contributed by atoms with van der Waals surface area (Å²) < 4.78 is 0. The van der Waals surface area contributed by atoms with Gasteiger partial charge < -0.3 is 9.80 Å². The molecule has 2 heterocycles. The lowest BCUT2D eigenvalue weighted by Gasteiger charge is -2.36. The minimum atomic E-state index is -0.464. The third-order valence-corrected chi connectivity index (χ3v) is 5.78. The molecule has 0 saturated carbocycles. The Labute approximate surface area is 178 Å². The summed E-state index contributed by atoms with van der Waals surface area (Å²) in [6, 6.07) is 22.2. The lowest BCUT2D eigenvalue weighted by Crippen LogP contribution is -2.49. The van der Waals surface area contributed by atoms with Gasteiger partial charge >= 0.3 is 0 Å². The molecule has 0 aliphatic carbocycles. The van der Waals surface area contributed by atoms with Crippen LogP contribution in [0.25, 0.3) is 21.7 Å². The summed E-state index contributed by atoms with van der Waals surface area (Å²) in [6.45, 7) is 2.49. The second-order valence-corrected chi connectivity index (χ2v) is 7.58. The molecule has 3 aromatic carbocycles. The summed E-state index contributed by atoms with van der Waals surface area (Å²) in [5, 5.41) is 14.2. The third kappa shape index (κ3) is 3.44. The average Bonchev–Trinajstić information content (AvgIpc) is 2.83. The minimum Gasteiger partial charge on any atom is -0.353 e. The van der Waals surface area contributed by atoms with Crippen molar-refractivity contribution in [3.8, 4) is 0 Å². The van der Waals surface area contributed by atoms with Crippen LogP contribution in [0.1, 0.15) is 10.4 Å². The van der Waals surface area contributed by atoms with Gasteiger partial charge in [-0.05, 0) is 23.6 Å². The van der Waals surface area contributed by atoms with Crippen molar-refractivity contribution in [2.75, 3.05) is 31.1 Å². The molecule has 0 radical (unpaired) electrons. The standard InChI is InChI=1S/C24H20N4O3/c29-24(17-9-11-18(12-10-17)28(30)31)27-15-13-26(14-16-27)23-21-7-2-1-5-19(21)20-6-3-4-8-22(20)25-23/h1-12H,13-16H2. The largest absolute Gasteiger partial charge is 0.353 e. The number of hydrogen-bond donors (Lipinski definition) is 0. The van der Waals surface area contributed by atoms with E-state index in [0.717, 1.165) is 22.1 Å². The number of pyridine rings is 1. The number of nitrogens with zero attached hydrogens (tertiary/aromatic N) is 4. The molecule has 5 rings (SSSR count). The predicted octanol–water partition coefficient (Wildman–Crippen LogP) is 4.26. The van der Waals surface area contributed by atoms with E-state index < -0.39 is 4.92 Å². The van der Waals surface area contributed by atoms with Crippen molar-refractivity contribution in [3.63, 3.8) is 0 Å². The van der Waals surface area contributed by atoms with Crippen LogP contribution >= 0.6 is 0 Å². The van der Waals surface area contributed by atoms with Gasteiger partial charge in [0.1, 0.15) is 5.82 Å². The van der Waals surface area contributed by atoms with Gasteiger partial charge in [0.25, 0.3) is 11.6 Å². The van der Waals surface area contributed by atoms with Crippen molar-refractivity contribution in [1.29, 1.82) is 0 Å². The number of para-hydroxylation sites is 1. The van der Waals surface area contributed by atoms with Crippen molar-refractivity contribution in [3.05, 3.63) is 88.5 Å². The van der Waals surface area contributed by atoms with Gasteiger partial charge in [-0.25, -0.2) is 4.98 Å². The number of carbonyl (C=O) groups is 1. The van der Waals surface area contributed by atoms with E-state index in [1.165, 1.54) is 29.7 Å². The maximum Gasteiger partial charge on any atom is 0.269 e. The van der Waals surface area contributed by atoms with Gasteiger partial charge in [-0.1, -0.05) is 42.5 Å². The number of carbonyl (C=O) groups excluding carboxylic acids is 1. The molecule has 1 aliphatic rings. The fraction of sp³-hybridized carbons (Fsp3) is 0.167. The molecule has 0 N–H and O–H groups in total. The van der Waals surface area contributed by atoms with Crippen molar-refractivity contribution in [2.24, 2.45) is 0 Å². The highest BCUT2D eigenvalue weighted by Gasteiger charge is 2.24. The molecule has 0 spiro atoms. The SMILES string of the molecule is O=C(c1ccc([N+](=O)[O-])cc1)N1CCN(c2nc3ccccc3c3ccccc23)CC1. The Kier molecular flexibility index (Phi) is 4.71. The highest BCUT2D eigenvalue weighted by atomic mass is 16.6. The van der Waals surface area contributed by atoms with E-state index in [0.29, 0.717) is 31.7 Å². The van der Waals surface area contributed by atoms with Gasteiger partial charge in [0.2, 0.25) is 0 Å². The fourth-order valence-electron chi connectivity index (χ4n) is 4.16. The first kappa shape index (κ1) is 19.0. The van der Waals surface area contributed by atoms with Crippen LogP contribution < -0.4 is 4.90 Å². The van der Waals surface area contributed by atoms with Crippen molar-refractivity contribution < 1.29 is 9.72 Å². The van der Waals surface area contributed by atoms with Gasteiger partial charge in [0.05, 0.1) is 10.4 Å². The van der Waals surface area contributed by atoms with Crippen LogP contribution in [-0.2, 0) is 0 Å². The third-order valence-electron chi connectivity index (χ3n) is 5.78. The lowest BCUT2D eigenvalue weighted by atomic mass is 10.1. The molecule has 31 heavy (non-hydrogen) atoms. The van der Waals surface area contributed by atoms with E-state index in [-0.39, 0.29) is 11.6 Å². The molecule has 7 heteroatoms. The first-order chi connectivity index (χ1) is 15.1. The molecule has 1 fully saturated rings. The molecule has 1 amide bonds. The van der Waals surface area contributed by atoms with Gasteiger partial charge in [-0.15, -0.1) is 0 Å². The molecule has 0 bridgehead atoms. The molecule has 1 aromatic heterocycles. The van der Waals surface area contributed by atoms with E-state index >= 15 is 0 Å². The van der Waals surface area contributed by atoms with Gasteiger partial charge in [-0.2, -0.15) is 0 Å². The highest BCUT2D eigenvalue weighted by Crippen LogP contribution is 2.31. The molecule has 0 unspecified atom stereocenters. The summed E-state index contributed by atoms with van der Waals surface area (Å²) in [7, 11) is 0. The number of aromatic nitrogens is 1. The van der Waals surface area contributed by atoms with E-state index in [9.17, 15) is 14.9 Å². The molecule has 154 valence electrons. The summed E-state index contributed by atoms with van der Waals surface area (Å²) in [5.41, 5.74) is 1.41. The summed E-state index contributed by atoms with van der Waals surface area (Å²) in [5.74, 6) is 0.836. The quantitative estimate of drug-likeness (QED) is 0.285. The molecular weight excluding hydrogens is 392 g/mol. The number of piperazine rings is 1. The zero-order valence-electron chi connectivity index (χ0n) is 16.8. The summed E-state index contributed by atoms with van der Waals surface area (Å²) in [6.07, 6.45) is 0. The van der Waals surface area contributed by atoms with Crippen molar-refractivity contribution in [1.82, 2.24) is 9.88 Å². The van der Waals surface area contributed by atoms with Crippen LogP contribution in [0, 0.1) is 10.1 Å². The number of nitro groups is 1. The molecular formula is C24H20N4O3.